The number of aromatic nitrogens is 1. The van der Waals surface area contributed by atoms with Crippen molar-refractivity contribution in [2.75, 3.05) is 12.4 Å². The fourth-order valence-corrected chi connectivity index (χ4v) is 4.05. The number of amides is 1. The first-order valence-corrected chi connectivity index (χ1v) is 10.1. The molecule has 32 heavy (non-hydrogen) atoms. The number of carbonyl (C=O) groups is 2. The van der Waals surface area contributed by atoms with E-state index in [1.54, 1.807) is 13.8 Å². The van der Waals surface area contributed by atoms with Crippen LogP contribution in [0.5, 0.6) is 5.75 Å². The van der Waals surface area contributed by atoms with Crippen molar-refractivity contribution in [1.82, 2.24) is 4.98 Å². The Balaban J connectivity index is 2.03. The second-order valence-electron chi connectivity index (χ2n) is 8.32. The number of rotatable bonds is 6. The molecule has 1 aliphatic heterocycles. The van der Waals surface area contributed by atoms with Crippen LogP contribution in [0, 0.1) is 11.7 Å². The van der Waals surface area contributed by atoms with Crippen LogP contribution in [0.2, 0.25) is 0 Å². The molecule has 3 atom stereocenters. The summed E-state index contributed by atoms with van der Waals surface area (Å²) in [4.78, 5) is 28.7. The monoisotopic (exact) mass is 450 g/mol. The summed E-state index contributed by atoms with van der Waals surface area (Å²) in [5.74, 6) is -3.15. The van der Waals surface area contributed by atoms with Gasteiger partial charge in [0.25, 0.3) is 12.3 Å². The van der Waals surface area contributed by atoms with E-state index in [1.807, 2.05) is 6.92 Å². The number of benzene rings is 1. The molecule has 9 heteroatoms. The van der Waals surface area contributed by atoms with Crippen LogP contribution in [0.15, 0.2) is 30.5 Å². The van der Waals surface area contributed by atoms with E-state index >= 15 is 0 Å². The van der Waals surface area contributed by atoms with Crippen molar-refractivity contribution in [3.05, 3.63) is 53.1 Å². The molecule has 1 N–H and O–H groups in total. The van der Waals surface area contributed by atoms with Gasteiger partial charge in [-0.3, -0.25) is 14.6 Å². The normalized spacial score (nSPS) is 22.1. The van der Waals surface area contributed by atoms with E-state index in [0.29, 0.717) is 5.69 Å². The van der Waals surface area contributed by atoms with E-state index in [-0.39, 0.29) is 28.7 Å². The lowest BCUT2D eigenvalue weighted by molar-refractivity contribution is -0.131. The quantitative estimate of drug-likeness (QED) is 0.633. The smallest absolute Gasteiger partial charge is 0.270 e. The molecule has 3 rings (SSSR count). The second-order valence-corrected chi connectivity index (χ2v) is 8.32. The summed E-state index contributed by atoms with van der Waals surface area (Å²) >= 11 is 0. The standard InChI is InChI=1S/C23H25F3N2O4/c1-11-17(14-6-7-15(24)18(21(25)26)19(14)31-5)20(32-23(11,3)4)22(30)28-13-8-9-27-16(10-13)12(2)29/h6-11,17,20-21H,1-5H3,(H,27,28,30)/t11-,17-,20+/m1/s1. The predicted octanol–water partition coefficient (Wildman–Crippen LogP) is 4.91. The van der Waals surface area contributed by atoms with Gasteiger partial charge in [-0.05, 0) is 38.0 Å². The van der Waals surface area contributed by atoms with Gasteiger partial charge in [-0.1, -0.05) is 13.0 Å². The molecule has 1 amide bonds. The van der Waals surface area contributed by atoms with Crippen LogP contribution in [0.4, 0.5) is 18.9 Å². The molecule has 0 radical (unpaired) electrons. The highest BCUT2D eigenvalue weighted by Crippen LogP contribution is 2.50. The molecular weight excluding hydrogens is 425 g/mol. The minimum absolute atomic E-state index is 0.183. The molecule has 6 nitrogen and oxygen atoms in total. The Bertz CT molecular complexity index is 1040. The van der Waals surface area contributed by atoms with Gasteiger partial charge in [0.2, 0.25) is 0 Å². The maximum absolute atomic E-state index is 14.1. The van der Waals surface area contributed by atoms with Crippen LogP contribution in [0.25, 0.3) is 0 Å². The SMILES string of the molecule is COc1c([C@@H]2[C@@H](C(=O)Nc3ccnc(C(C)=O)c3)OC(C)(C)[C@@H]2C)ccc(F)c1C(F)F. The Morgan fingerprint density at radius 1 is 1.25 bits per heavy atom. The molecule has 172 valence electrons. The molecule has 1 aromatic heterocycles. The third kappa shape index (κ3) is 4.34. The number of halogens is 3. The van der Waals surface area contributed by atoms with Gasteiger partial charge < -0.3 is 14.8 Å². The number of hydrogen-bond acceptors (Lipinski definition) is 5. The molecule has 0 saturated carbocycles. The highest BCUT2D eigenvalue weighted by Gasteiger charge is 2.51. The van der Waals surface area contributed by atoms with E-state index in [2.05, 4.69) is 10.3 Å². The van der Waals surface area contributed by atoms with E-state index in [1.165, 1.54) is 38.4 Å². The summed E-state index contributed by atoms with van der Waals surface area (Å²) in [6.45, 7) is 6.78. The number of carbonyl (C=O) groups excluding carboxylic acids is 2. The van der Waals surface area contributed by atoms with Gasteiger partial charge in [-0.15, -0.1) is 0 Å². The number of hydrogen-bond donors (Lipinski definition) is 1. The minimum atomic E-state index is -3.09. The molecular formula is C23H25F3N2O4. The van der Waals surface area contributed by atoms with Crippen molar-refractivity contribution >= 4 is 17.4 Å². The first-order valence-electron chi connectivity index (χ1n) is 10.1. The number of ether oxygens (including phenoxy) is 2. The summed E-state index contributed by atoms with van der Waals surface area (Å²) in [5.41, 5.74) is -0.834. The second kappa shape index (κ2) is 8.90. The molecule has 2 heterocycles. The lowest BCUT2D eigenvalue weighted by atomic mass is 9.77. The number of Topliss-reactive ketones (excluding diaryl/α,β-unsaturated/α-hetero) is 1. The summed E-state index contributed by atoms with van der Waals surface area (Å²) in [5, 5.41) is 2.70. The molecule has 0 spiro atoms. The van der Waals surface area contributed by atoms with Crippen LogP contribution < -0.4 is 10.1 Å². The Kier molecular flexibility index (Phi) is 6.59. The summed E-state index contributed by atoms with van der Waals surface area (Å²) in [7, 11) is 1.19. The number of nitrogens with zero attached hydrogens (tertiary/aromatic N) is 1. The van der Waals surface area contributed by atoms with Gasteiger partial charge in [0.15, 0.2) is 5.78 Å². The lowest BCUT2D eigenvalue weighted by Crippen LogP contribution is -2.33. The fourth-order valence-electron chi connectivity index (χ4n) is 4.05. The Labute approximate surface area is 184 Å². The number of nitrogens with one attached hydrogen (secondary N) is 1. The van der Waals surface area contributed by atoms with Gasteiger partial charge in [-0.2, -0.15) is 0 Å². The Morgan fingerprint density at radius 3 is 2.53 bits per heavy atom. The maximum Gasteiger partial charge on any atom is 0.270 e. The third-order valence-corrected chi connectivity index (χ3v) is 5.99. The highest BCUT2D eigenvalue weighted by atomic mass is 19.3. The van der Waals surface area contributed by atoms with E-state index < -0.39 is 41.3 Å². The zero-order valence-corrected chi connectivity index (χ0v) is 18.4. The first-order chi connectivity index (χ1) is 15.0. The van der Waals surface area contributed by atoms with Gasteiger partial charge >= 0.3 is 0 Å². The first kappa shape index (κ1) is 23.7. The average Bonchev–Trinajstić information content (AvgIpc) is 2.97. The van der Waals surface area contributed by atoms with E-state index in [0.717, 1.165) is 6.07 Å². The minimum Gasteiger partial charge on any atom is -0.496 e. The van der Waals surface area contributed by atoms with E-state index in [9.17, 15) is 22.8 Å². The van der Waals surface area contributed by atoms with Gasteiger partial charge in [0, 0.05) is 30.3 Å². The number of alkyl halides is 2. The number of pyridine rings is 1. The van der Waals surface area contributed by atoms with Crippen LogP contribution in [-0.2, 0) is 9.53 Å². The van der Waals surface area contributed by atoms with Gasteiger partial charge in [0.05, 0.1) is 18.3 Å². The fraction of sp³-hybridized carbons (Fsp3) is 0.435. The van der Waals surface area contributed by atoms with Crippen LogP contribution in [0.1, 0.15) is 61.7 Å². The molecule has 1 aliphatic rings. The number of ketones is 1. The van der Waals surface area contributed by atoms with Crippen molar-refractivity contribution in [2.24, 2.45) is 5.92 Å². The molecule has 1 aromatic carbocycles. The molecule has 0 aliphatic carbocycles. The predicted molar refractivity (Wildman–Crippen MR) is 112 cm³/mol. The maximum atomic E-state index is 14.1. The average molecular weight is 450 g/mol. The summed E-state index contributed by atoms with van der Waals surface area (Å²) in [6, 6.07) is 5.27. The lowest BCUT2D eigenvalue weighted by Gasteiger charge is -2.26. The largest absolute Gasteiger partial charge is 0.496 e. The Morgan fingerprint density at radius 2 is 1.94 bits per heavy atom. The molecule has 1 saturated heterocycles. The molecule has 0 bridgehead atoms. The Hall–Kier alpha value is -2.94. The highest BCUT2D eigenvalue weighted by molar-refractivity contribution is 5.97. The van der Waals surface area contributed by atoms with Crippen molar-refractivity contribution < 1.29 is 32.2 Å². The number of anilines is 1. The number of methoxy groups -OCH3 is 1. The van der Waals surface area contributed by atoms with Crippen LogP contribution in [0.3, 0.4) is 0 Å². The van der Waals surface area contributed by atoms with Crippen molar-refractivity contribution in [2.45, 2.75) is 51.7 Å². The van der Waals surface area contributed by atoms with Crippen LogP contribution >= 0.6 is 0 Å². The topological polar surface area (TPSA) is 77.5 Å². The molecule has 2 aromatic rings. The molecule has 0 unspecified atom stereocenters. The third-order valence-electron chi connectivity index (χ3n) is 5.99. The van der Waals surface area contributed by atoms with Crippen molar-refractivity contribution in [3.63, 3.8) is 0 Å². The van der Waals surface area contributed by atoms with Crippen molar-refractivity contribution in [3.8, 4) is 5.75 Å². The van der Waals surface area contributed by atoms with Crippen molar-refractivity contribution in [1.29, 1.82) is 0 Å². The summed E-state index contributed by atoms with van der Waals surface area (Å²) < 4.78 is 52.5. The zero-order valence-electron chi connectivity index (χ0n) is 18.4. The van der Waals surface area contributed by atoms with E-state index in [4.69, 9.17) is 9.47 Å². The van der Waals surface area contributed by atoms with Gasteiger partial charge in [0.1, 0.15) is 23.4 Å². The zero-order chi connectivity index (χ0) is 23.8. The van der Waals surface area contributed by atoms with Crippen LogP contribution in [-0.4, -0.2) is 35.5 Å². The molecule has 1 fully saturated rings. The summed E-state index contributed by atoms with van der Waals surface area (Å²) in [6.07, 6.45) is -2.77. The van der Waals surface area contributed by atoms with Gasteiger partial charge in [-0.25, -0.2) is 13.2 Å².